The van der Waals surface area contributed by atoms with Gasteiger partial charge < -0.3 is 9.64 Å². The van der Waals surface area contributed by atoms with Gasteiger partial charge in [0, 0.05) is 18.8 Å². The maximum atomic E-state index is 5.69. The first kappa shape index (κ1) is 9.62. The van der Waals surface area contributed by atoms with Crippen LogP contribution in [0, 0.1) is 6.92 Å². The molecule has 76 valence electrons. The van der Waals surface area contributed by atoms with Crippen molar-refractivity contribution in [1.29, 1.82) is 0 Å². The Hall–Kier alpha value is -0.930. The fourth-order valence-electron chi connectivity index (χ4n) is 1.70. The first-order chi connectivity index (χ1) is 6.75. The van der Waals surface area contributed by atoms with Crippen LogP contribution in [0.3, 0.4) is 0 Å². The van der Waals surface area contributed by atoms with Crippen LogP contribution in [0.4, 0.5) is 0 Å². The number of nitrogens with zero attached hydrogens (tertiary/aromatic N) is 2. The summed E-state index contributed by atoms with van der Waals surface area (Å²) in [6, 6.07) is 6.09. The molecule has 0 bridgehead atoms. The summed E-state index contributed by atoms with van der Waals surface area (Å²) < 4.78 is 5.69. The molecule has 0 amide bonds. The molecule has 0 saturated carbocycles. The second-order valence-corrected chi connectivity index (χ2v) is 3.83. The van der Waals surface area contributed by atoms with Crippen LogP contribution in [0.5, 0.6) is 0 Å². The van der Waals surface area contributed by atoms with Crippen LogP contribution in [0.2, 0.25) is 0 Å². The molecule has 0 spiro atoms. The Morgan fingerprint density at radius 1 is 1.50 bits per heavy atom. The molecule has 0 radical (unpaired) electrons. The third kappa shape index (κ3) is 2.11. The lowest BCUT2D eigenvalue weighted by Gasteiger charge is -2.29. The Kier molecular flexibility index (Phi) is 2.79. The number of hydrogen-bond donors (Lipinski definition) is 0. The average molecular weight is 192 g/mol. The summed E-state index contributed by atoms with van der Waals surface area (Å²) in [4.78, 5) is 6.76. The Labute approximate surface area is 84.7 Å². The summed E-state index contributed by atoms with van der Waals surface area (Å²) in [6.45, 7) is 4.77. The molecule has 3 nitrogen and oxygen atoms in total. The van der Waals surface area contributed by atoms with Crippen molar-refractivity contribution >= 4 is 0 Å². The second-order valence-electron chi connectivity index (χ2n) is 3.83. The highest BCUT2D eigenvalue weighted by molar-refractivity contribution is 5.13. The zero-order valence-corrected chi connectivity index (χ0v) is 8.73. The molecule has 0 aromatic carbocycles. The van der Waals surface area contributed by atoms with Gasteiger partial charge in [0.2, 0.25) is 0 Å². The third-order valence-electron chi connectivity index (χ3n) is 2.51. The number of rotatable bonds is 1. The molecular formula is C11H16N2O. The molecule has 0 aliphatic carbocycles. The van der Waals surface area contributed by atoms with Crippen LogP contribution in [0.15, 0.2) is 18.2 Å². The van der Waals surface area contributed by atoms with Crippen molar-refractivity contribution in [3.63, 3.8) is 0 Å². The van der Waals surface area contributed by atoms with E-state index in [0.29, 0.717) is 0 Å². The predicted octanol–water partition coefficient (Wildman–Crippen LogP) is 1.39. The van der Waals surface area contributed by atoms with Crippen molar-refractivity contribution in [3.05, 3.63) is 29.6 Å². The van der Waals surface area contributed by atoms with Crippen LogP contribution >= 0.6 is 0 Å². The van der Waals surface area contributed by atoms with Crippen molar-refractivity contribution in [1.82, 2.24) is 9.88 Å². The lowest BCUT2D eigenvalue weighted by Crippen LogP contribution is -2.35. The standard InChI is InChI=1S/C11H16N2O/c1-9-4-3-5-10(12-9)11-8-13(2)6-7-14-11/h3-5,11H,6-8H2,1-2H3. The molecule has 14 heavy (non-hydrogen) atoms. The first-order valence-corrected chi connectivity index (χ1v) is 4.99. The van der Waals surface area contributed by atoms with Gasteiger partial charge in [-0.05, 0) is 26.1 Å². The molecule has 2 heterocycles. The molecule has 1 aromatic heterocycles. The molecule has 0 N–H and O–H groups in total. The van der Waals surface area contributed by atoms with Crippen LogP contribution < -0.4 is 0 Å². The van der Waals surface area contributed by atoms with Crippen molar-refractivity contribution < 1.29 is 4.74 Å². The third-order valence-corrected chi connectivity index (χ3v) is 2.51. The zero-order valence-electron chi connectivity index (χ0n) is 8.73. The molecule has 1 aliphatic rings. The maximum absolute atomic E-state index is 5.69. The SMILES string of the molecule is Cc1cccc(C2CN(C)CCO2)n1. The van der Waals surface area contributed by atoms with Gasteiger partial charge in [0.05, 0.1) is 12.3 Å². The fourth-order valence-corrected chi connectivity index (χ4v) is 1.70. The van der Waals surface area contributed by atoms with Crippen molar-refractivity contribution in [2.24, 2.45) is 0 Å². The van der Waals surface area contributed by atoms with E-state index in [-0.39, 0.29) is 6.10 Å². The smallest absolute Gasteiger partial charge is 0.112 e. The Balaban J connectivity index is 2.14. The molecule has 1 aromatic rings. The van der Waals surface area contributed by atoms with Crippen LogP contribution in [-0.2, 0) is 4.74 Å². The lowest BCUT2D eigenvalue weighted by molar-refractivity contribution is -0.0231. The number of aromatic nitrogens is 1. The van der Waals surface area contributed by atoms with Gasteiger partial charge in [-0.3, -0.25) is 4.98 Å². The molecule has 2 rings (SSSR count). The minimum atomic E-state index is 0.147. The van der Waals surface area contributed by atoms with Gasteiger partial charge in [-0.25, -0.2) is 0 Å². The molecule has 1 atom stereocenters. The van der Waals surface area contributed by atoms with E-state index in [2.05, 4.69) is 16.9 Å². The van der Waals surface area contributed by atoms with Crippen molar-refractivity contribution in [2.45, 2.75) is 13.0 Å². The topological polar surface area (TPSA) is 25.4 Å². The highest BCUT2D eigenvalue weighted by Crippen LogP contribution is 2.19. The summed E-state index contributed by atoms with van der Waals surface area (Å²) in [5.41, 5.74) is 2.11. The number of morpholine rings is 1. The van der Waals surface area contributed by atoms with Crippen LogP contribution in [0.25, 0.3) is 0 Å². The Morgan fingerprint density at radius 2 is 2.36 bits per heavy atom. The minimum Gasteiger partial charge on any atom is -0.369 e. The lowest BCUT2D eigenvalue weighted by atomic mass is 10.2. The van der Waals surface area contributed by atoms with Gasteiger partial charge in [-0.1, -0.05) is 6.07 Å². The summed E-state index contributed by atoms with van der Waals surface area (Å²) in [5.74, 6) is 0. The summed E-state index contributed by atoms with van der Waals surface area (Å²) in [7, 11) is 2.12. The number of aryl methyl sites for hydroxylation is 1. The Bertz CT molecular complexity index is 314. The summed E-state index contributed by atoms with van der Waals surface area (Å²) in [5, 5.41) is 0. The highest BCUT2D eigenvalue weighted by atomic mass is 16.5. The van der Waals surface area contributed by atoms with E-state index in [4.69, 9.17) is 4.74 Å². The van der Waals surface area contributed by atoms with E-state index in [1.54, 1.807) is 0 Å². The molecule has 1 unspecified atom stereocenters. The van der Waals surface area contributed by atoms with Gasteiger partial charge in [0.1, 0.15) is 6.10 Å². The average Bonchev–Trinajstić information content (AvgIpc) is 2.18. The highest BCUT2D eigenvalue weighted by Gasteiger charge is 2.20. The van der Waals surface area contributed by atoms with E-state index >= 15 is 0 Å². The normalized spacial score (nSPS) is 23.7. The van der Waals surface area contributed by atoms with Gasteiger partial charge >= 0.3 is 0 Å². The number of pyridine rings is 1. The number of hydrogen-bond acceptors (Lipinski definition) is 3. The molecule has 3 heteroatoms. The van der Waals surface area contributed by atoms with Gasteiger partial charge in [0.15, 0.2) is 0 Å². The molecular weight excluding hydrogens is 176 g/mol. The van der Waals surface area contributed by atoms with Crippen LogP contribution in [0.1, 0.15) is 17.5 Å². The van der Waals surface area contributed by atoms with E-state index in [9.17, 15) is 0 Å². The maximum Gasteiger partial charge on any atom is 0.112 e. The van der Waals surface area contributed by atoms with E-state index in [1.807, 2.05) is 25.1 Å². The monoisotopic (exact) mass is 192 g/mol. The Morgan fingerprint density at radius 3 is 3.07 bits per heavy atom. The summed E-state index contributed by atoms with van der Waals surface area (Å²) >= 11 is 0. The second kappa shape index (κ2) is 4.07. The van der Waals surface area contributed by atoms with E-state index in [0.717, 1.165) is 31.1 Å². The van der Waals surface area contributed by atoms with Gasteiger partial charge in [-0.2, -0.15) is 0 Å². The van der Waals surface area contributed by atoms with Crippen molar-refractivity contribution in [3.8, 4) is 0 Å². The summed E-state index contributed by atoms with van der Waals surface area (Å²) in [6.07, 6.45) is 0.147. The van der Waals surface area contributed by atoms with Crippen molar-refractivity contribution in [2.75, 3.05) is 26.7 Å². The van der Waals surface area contributed by atoms with Gasteiger partial charge in [0.25, 0.3) is 0 Å². The molecule has 1 aliphatic heterocycles. The van der Waals surface area contributed by atoms with E-state index < -0.39 is 0 Å². The molecule has 1 saturated heterocycles. The quantitative estimate of drug-likeness (QED) is 0.672. The molecule has 1 fully saturated rings. The van der Waals surface area contributed by atoms with Gasteiger partial charge in [-0.15, -0.1) is 0 Å². The van der Waals surface area contributed by atoms with Crippen LogP contribution in [-0.4, -0.2) is 36.6 Å². The van der Waals surface area contributed by atoms with E-state index in [1.165, 1.54) is 0 Å². The fraction of sp³-hybridized carbons (Fsp3) is 0.545. The largest absolute Gasteiger partial charge is 0.369 e. The first-order valence-electron chi connectivity index (χ1n) is 4.99. The number of likely N-dealkylation sites (N-methyl/N-ethyl adjacent to an activating group) is 1. The number of ether oxygens (including phenoxy) is 1. The predicted molar refractivity (Wildman–Crippen MR) is 55.2 cm³/mol. The minimum absolute atomic E-state index is 0.147. The zero-order chi connectivity index (χ0) is 9.97.